The molecule has 0 saturated carbocycles. The van der Waals surface area contributed by atoms with Gasteiger partial charge in [-0.3, -0.25) is 25.2 Å². The monoisotopic (exact) mass is 471 g/mol. The van der Waals surface area contributed by atoms with E-state index >= 15 is 0 Å². The van der Waals surface area contributed by atoms with Gasteiger partial charge in [0, 0.05) is 12.3 Å². The molecular weight excluding hydrogens is 458 g/mol. The van der Waals surface area contributed by atoms with Crippen molar-refractivity contribution in [2.24, 2.45) is 4.99 Å². The average molecular weight is 472 g/mol. The molecular formula is C20H14BrN3O6. The third-order valence-electron chi connectivity index (χ3n) is 3.96. The number of methoxy groups -OCH3 is 1. The molecule has 3 rings (SSSR count). The van der Waals surface area contributed by atoms with Gasteiger partial charge in [0.1, 0.15) is 11.5 Å². The summed E-state index contributed by atoms with van der Waals surface area (Å²) < 4.78 is 11.2. The lowest BCUT2D eigenvalue weighted by Crippen LogP contribution is -1.96. The highest BCUT2D eigenvalue weighted by molar-refractivity contribution is 9.10. The summed E-state index contributed by atoms with van der Waals surface area (Å²) in [6.45, 7) is 0. The van der Waals surface area contributed by atoms with Gasteiger partial charge in [0.25, 0.3) is 5.69 Å². The summed E-state index contributed by atoms with van der Waals surface area (Å²) in [7, 11) is 1.59. The van der Waals surface area contributed by atoms with Gasteiger partial charge in [0.05, 0.1) is 33.2 Å². The number of nitrogens with zero attached hydrogens (tertiary/aromatic N) is 3. The van der Waals surface area contributed by atoms with E-state index in [-0.39, 0.29) is 5.75 Å². The molecule has 9 nitrogen and oxygen atoms in total. The Bertz CT molecular complexity index is 1130. The number of ether oxygens (including phenoxy) is 2. The Morgan fingerprint density at radius 3 is 2.23 bits per heavy atom. The molecule has 0 amide bonds. The number of nitro groups is 2. The van der Waals surface area contributed by atoms with E-state index in [4.69, 9.17) is 9.47 Å². The summed E-state index contributed by atoms with van der Waals surface area (Å²) in [6.07, 6.45) is 1.66. The Morgan fingerprint density at radius 1 is 0.933 bits per heavy atom. The van der Waals surface area contributed by atoms with Crippen molar-refractivity contribution in [3.63, 3.8) is 0 Å². The molecule has 0 aromatic heterocycles. The van der Waals surface area contributed by atoms with E-state index in [1.54, 1.807) is 43.7 Å². The van der Waals surface area contributed by atoms with Crippen LogP contribution in [0, 0.1) is 20.2 Å². The topological polar surface area (TPSA) is 117 Å². The van der Waals surface area contributed by atoms with Crippen molar-refractivity contribution in [3.8, 4) is 17.2 Å². The van der Waals surface area contributed by atoms with Crippen LogP contribution in [-0.2, 0) is 0 Å². The molecule has 10 heteroatoms. The van der Waals surface area contributed by atoms with Gasteiger partial charge in [-0.2, -0.15) is 0 Å². The first-order chi connectivity index (χ1) is 14.4. The van der Waals surface area contributed by atoms with Crippen LogP contribution in [0.1, 0.15) is 5.56 Å². The van der Waals surface area contributed by atoms with Crippen LogP contribution in [0.15, 0.2) is 70.1 Å². The van der Waals surface area contributed by atoms with Crippen LogP contribution in [-0.4, -0.2) is 23.2 Å². The number of hydrogen-bond acceptors (Lipinski definition) is 7. The lowest BCUT2D eigenvalue weighted by atomic mass is 10.2. The van der Waals surface area contributed by atoms with Crippen LogP contribution in [0.5, 0.6) is 17.2 Å². The fourth-order valence-corrected chi connectivity index (χ4v) is 2.94. The maximum Gasteiger partial charge on any atom is 0.318 e. The van der Waals surface area contributed by atoms with E-state index in [0.717, 1.165) is 29.1 Å². The number of nitro benzene ring substituents is 2. The summed E-state index contributed by atoms with van der Waals surface area (Å²) in [5.74, 6) is 0.943. The van der Waals surface area contributed by atoms with Gasteiger partial charge in [-0.15, -0.1) is 0 Å². The number of non-ortho nitro benzene ring substituents is 1. The molecule has 0 unspecified atom stereocenters. The quantitative estimate of drug-likeness (QED) is 0.243. The Balaban J connectivity index is 1.81. The van der Waals surface area contributed by atoms with E-state index < -0.39 is 21.2 Å². The lowest BCUT2D eigenvalue weighted by molar-refractivity contribution is -0.394. The van der Waals surface area contributed by atoms with Gasteiger partial charge < -0.3 is 9.47 Å². The zero-order valence-electron chi connectivity index (χ0n) is 15.5. The van der Waals surface area contributed by atoms with Crippen molar-refractivity contribution in [2.45, 2.75) is 0 Å². The van der Waals surface area contributed by atoms with Gasteiger partial charge in [-0.25, -0.2) is 0 Å². The standard InChI is InChI=1S/C20H14BrN3O6/c1-29-16-6-3-14(4-7-16)22-12-13-2-8-19(17(21)10-13)30-20-9-5-15(23(25)26)11-18(20)24(27)28/h2-12H,1H3. The second-order valence-electron chi connectivity index (χ2n) is 5.91. The van der Waals surface area contributed by atoms with Crippen molar-refractivity contribution in [1.82, 2.24) is 0 Å². The molecule has 0 aliphatic heterocycles. The third kappa shape index (κ3) is 4.97. The number of benzene rings is 3. The molecule has 30 heavy (non-hydrogen) atoms. The zero-order chi connectivity index (χ0) is 21.7. The highest BCUT2D eigenvalue weighted by atomic mass is 79.9. The summed E-state index contributed by atoms with van der Waals surface area (Å²) >= 11 is 3.37. The Kier molecular flexibility index (Phi) is 6.38. The average Bonchev–Trinajstić information content (AvgIpc) is 2.74. The van der Waals surface area contributed by atoms with Crippen LogP contribution in [0.2, 0.25) is 0 Å². The largest absolute Gasteiger partial charge is 0.497 e. The molecule has 0 aliphatic rings. The first-order valence-electron chi connectivity index (χ1n) is 8.46. The molecule has 3 aromatic carbocycles. The first kappa shape index (κ1) is 20.9. The summed E-state index contributed by atoms with van der Waals surface area (Å²) in [5, 5.41) is 22.1. The Morgan fingerprint density at radius 2 is 1.63 bits per heavy atom. The van der Waals surface area contributed by atoms with Crippen molar-refractivity contribution in [3.05, 3.63) is 90.9 Å². The van der Waals surface area contributed by atoms with Crippen molar-refractivity contribution in [2.75, 3.05) is 7.11 Å². The number of aliphatic imine (C=N–C) groups is 1. The van der Waals surface area contributed by atoms with Gasteiger partial charge >= 0.3 is 5.69 Å². The smallest absolute Gasteiger partial charge is 0.318 e. The van der Waals surface area contributed by atoms with Crippen LogP contribution in [0.3, 0.4) is 0 Å². The lowest BCUT2D eigenvalue weighted by Gasteiger charge is -2.08. The Hall–Kier alpha value is -3.79. The SMILES string of the molecule is COc1ccc(N=Cc2ccc(Oc3ccc([N+](=O)[O-])cc3[N+](=O)[O-])c(Br)c2)cc1. The predicted octanol–water partition coefficient (Wildman–Crippen LogP) is 5.82. The van der Waals surface area contributed by atoms with Crippen LogP contribution >= 0.6 is 15.9 Å². The van der Waals surface area contributed by atoms with E-state index in [2.05, 4.69) is 20.9 Å². The summed E-state index contributed by atoms with van der Waals surface area (Å²) in [5.41, 5.74) is 0.622. The van der Waals surface area contributed by atoms with E-state index in [0.29, 0.717) is 10.2 Å². The van der Waals surface area contributed by atoms with Crippen LogP contribution in [0.4, 0.5) is 17.1 Å². The summed E-state index contributed by atoms with van der Waals surface area (Å²) in [6, 6.07) is 15.5. The van der Waals surface area contributed by atoms with E-state index in [9.17, 15) is 20.2 Å². The van der Waals surface area contributed by atoms with Crippen molar-refractivity contribution >= 4 is 39.2 Å². The van der Waals surface area contributed by atoms with Crippen molar-refractivity contribution in [1.29, 1.82) is 0 Å². The molecule has 0 saturated heterocycles. The molecule has 0 N–H and O–H groups in total. The predicted molar refractivity (Wildman–Crippen MR) is 114 cm³/mol. The molecule has 0 fully saturated rings. The molecule has 0 spiro atoms. The highest BCUT2D eigenvalue weighted by Gasteiger charge is 2.21. The molecule has 3 aromatic rings. The van der Waals surface area contributed by atoms with Gasteiger partial charge in [0.15, 0.2) is 0 Å². The molecule has 0 atom stereocenters. The fourth-order valence-electron chi connectivity index (χ4n) is 2.46. The third-order valence-corrected chi connectivity index (χ3v) is 4.58. The first-order valence-corrected chi connectivity index (χ1v) is 9.25. The molecule has 0 bridgehead atoms. The molecule has 0 aliphatic carbocycles. The van der Waals surface area contributed by atoms with Crippen LogP contribution < -0.4 is 9.47 Å². The maximum atomic E-state index is 11.3. The Labute approximate surface area is 179 Å². The number of halogens is 1. The molecule has 0 radical (unpaired) electrons. The van der Waals surface area contributed by atoms with E-state index in [1.807, 2.05) is 12.1 Å². The van der Waals surface area contributed by atoms with Gasteiger partial charge in [-0.1, -0.05) is 0 Å². The maximum absolute atomic E-state index is 11.3. The normalized spacial score (nSPS) is 10.7. The minimum absolute atomic E-state index is 0.106. The molecule has 0 heterocycles. The van der Waals surface area contributed by atoms with Gasteiger partial charge in [0.2, 0.25) is 5.75 Å². The minimum atomic E-state index is -0.730. The fraction of sp³-hybridized carbons (Fsp3) is 0.0500. The van der Waals surface area contributed by atoms with E-state index in [1.165, 1.54) is 6.07 Å². The van der Waals surface area contributed by atoms with Crippen LogP contribution in [0.25, 0.3) is 0 Å². The number of rotatable bonds is 7. The zero-order valence-corrected chi connectivity index (χ0v) is 17.1. The van der Waals surface area contributed by atoms with Gasteiger partial charge in [-0.05, 0) is 70.0 Å². The number of hydrogen-bond donors (Lipinski definition) is 0. The second-order valence-corrected chi connectivity index (χ2v) is 6.77. The van der Waals surface area contributed by atoms with Crippen molar-refractivity contribution < 1.29 is 19.3 Å². The summed E-state index contributed by atoms with van der Waals surface area (Å²) in [4.78, 5) is 25.0. The second kappa shape index (κ2) is 9.14. The minimum Gasteiger partial charge on any atom is -0.497 e. The molecule has 152 valence electrons. The highest BCUT2D eigenvalue weighted by Crippen LogP contribution is 2.37.